The molecule has 0 fully saturated rings. The van der Waals surface area contributed by atoms with Crippen LogP contribution in [-0.4, -0.2) is 41.5 Å². The Balaban J connectivity index is 1.85. The average molecular weight is 477 g/mol. The van der Waals surface area contributed by atoms with Crippen molar-refractivity contribution in [3.63, 3.8) is 0 Å². The summed E-state index contributed by atoms with van der Waals surface area (Å²) in [6.45, 7) is 4.36. The van der Waals surface area contributed by atoms with Crippen molar-refractivity contribution in [3.8, 4) is 5.69 Å². The molecular weight excluding hydrogens is 456 g/mol. The lowest BCUT2D eigenvalue weighted by molar-refractivity contribution is 0.102. The minimum absolute atomic E-state index is 0.164. The fourth-order valence-corrected chi connectivity index (χ4v) is 4.72. The van der Waals surface area contributed by atoms with Crippen LogP contribution in [0.3, 0.4) is 0 Å². The van der Waals surface area contributed by atoms with Gasteiger partial charge in [-0.1, -0.05) is 29.8 Å². The van der Waals surface area contributed by atoms with E-state index in [1.807, 2.05) is 12.1 Å². The number of nitrogens with one attached hydrogen (secondary N) is 1. The summed E-state index contributed by atoms with van der Waals surface area (Å²) in [6.07, 6.45) is 3.44. The van der Waals surface area contributed by atoms with Crippen LogP contribution in [0.15, 0.2) is 70.3 Å². The number of nitrogens with zero attached hydrogens (tertiary/aromatic N) is 3. The fraction of sp³-hybridized carbons (Fsp3) is 0.200. The molecule has 0 saturated carbocycles. The van der Waals surface area contributed by atoms with E-state index >= 15 is 0 Å². The first-order chi connectivity index (χ1) is 13.9. The van der Waals surface area contributed by atoms with Gasteiger partial charge in [0.15, 0.2) is 0 Å². The van der Waals surface area contributed by atoms with Gasteiger partial charge in [0.2, 0.25) is 10.0 Å². The predicted molar refractivity (Wildman–Crippen MR) is 116 cm³/mol. The summed E-state index contributed by atoms with van der Waals surface area (Å²) in [5.74, 6) is -0.344. The predicted octanol–water partition coefficient (Wildman–Crippen LogP) is 3.92. The van der Waals surface area contributed by atoms with Gasteiger partial charge < -0.3 is 5.32 Å². The molecule has 9 heteroatoms. The van der Waals surface area contributed by atoms with E-state index in [1.165, 1.54) is 28.6 Å². The molecule has 2 aromatic carbocycles. The molecule has 0 bridgehead atoms. The summed E-state index contributed by atoms with van der Waals surface area (Å²) < 4.78 is 29.0. The van der Waals surface area contributed by atoms with Gasteiger partial charge in [-0.25, -0.2) is 13.1 Å². The maximum atomic E-state index is 12.7. The van der Waals surface area contributed by atoms with Crippen LogP contribution in [0.25, 0.3) is 5.69 Å². The number of benzene rings is 2. The zero-order valence-corrected chi connectivity index (χ0v) is 18.4. The summed E-state index contributed by atoms with van der Waals surface area (Å²) >= 11 is 3.41. The van der Waals surface area contributed by atoms with Crippen LogP contribution in [-0.2, 0) is 10.0 Å². The van der Waals surface area contributed by atoms with Gasteiger partial charge in [0.25, 0.3) is 5.91 Å². The number of rotatable bonds is 7. The Morgan fingerprint density at radius 3 is 2.41 bits per heavy atom. The van der Waals surface area contributed by atoms with Crippen molar-refractivity contribution in [2.24, 2.45) is 0 Å². The highest BCUT2D eigenvalue weighted by molar-refractivity contribution is 9.10. The first-order valence-electron chi connectivity index (χ1n) is 9.08. The Bertz CT molecular complexity index is 1090. The van der Waals surface area contributed by atoms with Crippen LogP contribution in [0.4, 0.5) is 5.69 Å². The SMILES string of the molecule is CCN(CC)S(=O)(=O)c1ccc(C(=O)Nc2cc(Br)ccc2-n2cccn2)cc1. The van der Waals surface area contributed by atoms with E-state index in [0.717, 1.165) is 4.47 Å². The van der Waals surface area contributed by atoms with Crippen molar-refractivity contribution < 1.29 is 13.2 Å². The Hall–Kier alpha value is -2.49. The molecule has 7 nitrogen and oxygen atoms in total. The number of halogens is 1. The molecule has 1 amide bonds. The third-order valence-electron chi connectivity index (χ3n) is 4.42. The zero-order valence-electron chi connectivity index (χ0n) is 16.0. The van der Waals surface area contributed by atoms with Crippen molar-refractivity contribution in [3.05, 3.63) is 71.0 Å². The summed E-state index contributed by atoms with van der Waals surface area (Å²) in [4.78, 5) is 12.9. The maximum absolute atomic E-state index is 12.7. The van der Waals surface area contributed by atoms with Gasteiger partial charge in [0.1, 0.15) is 0 Å². The molecule has 0 atom stereocenters. The molecule has 152 valence electrons. The number of carbonyl (C=O) groups is 1. The quantitative estimate of drug-likeness (QED) is 0.559. The fourth-order valence-electron chi connectivity index (χ4n) is 2.90. The summed E-state index contributed by atoms with van der Waals surface area (Å²) in [7, 11) is -3.56. The highest BCUT2D eigenvalue weighted by Gasteiger charge is 2.22. The molecule has 3 rings (SSSR count). The van der Waals surface area contributed by atoms with Crippen LogP contribution >= 0.6 is 15.9 Å². The first kappa shape index (κ1) is 21.2. The number of hydrogen-bond acceptors (Lipinski definition) is 4. The number of carbonyl (C=O) groups excluding carboxylic acids is 1. The Morgan fingerprint density at radius 2 is 1.83 bits per heavy atom. The molecule has 0 unspecified atom stereocenters. The molecule has 1 aromatic heterocycles. The van der Waals surface area contributed by atoms with E-state index < -0.39 is 10.0 Å². The van der Waals surface area contributed by atoms with Crippen molar-refractivity contribution in [1.82, 2.24) is 14.1 Å². The second-order valence-electron chi connectivity index (χ2n) is 6.18. The van der Waals surface area contributed by atoms with Gasteiger partial charge in [0.05, 0.1) is 16.3 Å². The standard InChI is InChI=1S/C20H21BrN4O3S/c1-3-24(4-2)29(27,28)17-9-6-15(7-10-17)20(26)23-18-14-16(21)8-11-19(18)25-13-5-12-22-25/h5-14H,3-4H2,1-2H3,(H,23,26). The zero-order chi connectivity index (χ0) is 21.0. The highest BCUT2D eigenvalue weighted by Crippen LogP contribution is 2.25. The molecule has 0 spiro atoms. The van der Waals surface area contributed by atoms with Crippen LogP contribution in [0, 0.1) is 0 Å². The molecule has 1 N–H and O–H groups in total. The van der Waals surface area contributed by atoms with Crippen LogP contribution in [0.1, 0.15) is 24.2 Å². The summed E-state index contributed by atoms with van der Waals surface area (Å²) in [5, 5.41) is 7.08. The van der Waals surface area contributed by atoms with Gasteiger partial charge in [-0.3, -0.25) is 4.79 Å². The van der Waals surface area contributed by atoms with Gasteiger partial charge in [-0.05, 0) is 48.5 Å². The topological polar surface area (TPSA) is 84.3 Å². The van der Waals surface area contributed by atoms with Gasteiger partial charge in [0, 0.05) is 35.5 Å². The second kappa shape index (κ2) is 8.89. The van der Waals surface area contributed by atoms with Crippen LogP contribution in [0.5, 0.6) is 0 Å². The number of aromatic nitrogens is 2. The molecule has 0 saturated heterocycles. The summed E-state index contributed by atoms with van der Waals surface area (Å²) in [6, 6.07) is 13.2. The van der Waals surface area contributed by atoms with E-state index in [1.54, 1.807) is 43.1 Å². The highest BCUT2D eigenvalue weighted by atomic mass is 79.9. The monoisotopic (exact) mass is 476 g/mol. The van der Waals surface area contributed by atoms with Crippen molar-refractivity contribution in [1.29, 1.82) is 0 Å². The lowest BCUT2D eigenvalue weighted by Crippen LogP contribution is -2.30. The largest absolute Gasteiger partial charge is 0.320 e. The first-order valence-corrected chi connectivity index (χ1v) is 11.3. The van der Waals surface area contributed by atoms with Crippen molar-refractivity contribution in [2.45, 2.75) is 18.7 Å². The normalized spacial score (nSPS) is 11.6. The molecule has 0 aliphatic heterocycles. The van der Waals surface area contributed by atoms with Crippen molar-refractivity contribution in [2.75, 3.05) is 18.4 Å². The number of amides is 1. The van der Waals surface area contributed by atoms with E-state index in [0.29, 0.717) is 30.0 Å². The molecule has 0 aliphatic carbocycles. The van der Waals surface area contributed by atoms with Gasteiger partial charge >= 0.3 is 0 Å². The molecule has 29 heavy (non-hydrogen) atoms. The smallest absolute Gasteiger partial charge is 0.255 e. The van der Waals surface area contributed by atoms with Crippen LogP contribution < -0.4 is 5.32 Å². The maximum Gasteiger partial charge on any atom is 0.255 e. The number of sulfonamides is 1. The molecule has 0 radical (unpaired) electrons. The van der Waals surface area contributed by atoms with E-state index in [4.69, 9.17) is 0 Å². The van der Waals surface area contributed by atoms with Gasteiger partial charge in [-0.15, -0.1) is 0 Å². The van der Waals surface area contributed by atoms with E-state index in [2.05, 4.69) is 26.3 Å². The minimum Gasteiger partial charge on any atom is -0.320 e. The molecular formula is C20H21BrN4O3S. The second-order valence-corrected chi connectivity index (χ2v) is 9.03. The summed E-state index contributed by atoms with van der Waals surface area (Å²) in [5.41, 5.74) is 1.65. The third kappa shape index (κ3) is 4.58. The number of anilines is 1. The van der Waals surface area contributed by atoms with Crippen molar-refractivity contribution >= 4 is 37.5 Å². The van der Waals surface area contributed by atoms with Gasteiger partial charge in [-0.2, -0.15) is 9.40 Å². The number of hydrogen-bond donors (Lipinski definition) is 1. The average Bonchev–Trinajstić information content (AvgIpc) is 3.23. The lowest BCUT2D eigenvalue weighted by Gasteiger charge is -2.18. The van der Waals surface area contributed by atoms with Crippen LogP contribution in [0.2, 0.25) is 0 Å². The minimum atomic E-state index is -3.56. The lowest BCUT2D eigenvalue weighted by atomic mass is 10.2. The van der Waals surface area contributed by atoms with E-state index in [9.17, 15) is 13.2 Å². The Labute approximate surface area is 178 Å². The molecule has 3 aromatic rings. The van der Waals surface area contributed by atoms with E-state index in [-0.39, 0.29) is 10.8 Å². The molecule has 1 heterocycles. The third-order valence-corrected chi connectivity index (χ3v) is 6.98. The molecule has 0 aliphatic rings. The Morgan fingerprint density at radius 1 is 1.14 bits per heavy atom. The Kier molecular flexibility index (Phi) is 6.51.